The molecule has 1 aliphatic rings. The van der Waals surface area contributed by atoms with Gasteiger partial charge in [0.05, 0.1) is 47.6 Å². The van der Waals surface area contributed by atoms with E-state index in [1.165, 1.54) is 7.11 Å². The Labute approximate surface area is 203 Å². The Morgan fingerprint density at radius 2 is 1.97 bits per heavy atom. The SMILES string of the molecule is COC(=O)c1cc(N2CCOCC2)cc2c1nc(CC(C)C)n2-c1ccnc2c(Cl)cccc12. The van der Waals surface area contributed by atoms with Crippen molar-refractivity contribution in [2.24, 2.45) is 5.92 Å². The largest absolute Gasteiger partial charge is 0.465 e. The first-order valence-corrected chi connectivity index (χ1v) is 11.9. The highest BCUT2D eigenvalue weighted by molar-refractivity contribution is 6.35. The van der Waals surface area contributed by atoms with Crippen molar-refractivity contribution in [3.63, 3.8) is 0 Å². The second-order valence-corrected chi connectivity index (χ2v) is 9.29. The minimum absolute atomic E-state index is 0.368. The first kappa shape index (κ1) is 22.6. The third kappa shape index (κ3) is 3.99. The van der Waals surface area contributed by atoms with E-state index in [-0.39, 0.29) is 0 Å². The smallest absolute Gasteiger partial charge is 0.340 e. The van der Waals surface area contributed by atoms with Gasteiger partial charge in [-0.2, -0.15) is 0 Å². The molecule has 7 nitrogen and oxygen atoms in total. The van der Waals surface area contributed by atoms with Crippen molar-refractivity contribution in [2.45, 2.75) is 20.3 Å². The van der Waals surface area contributed by atoms with E-state index in [0.717, 1.165) is 53.1 Å². The van der Waals surface area contributed by atoms with E-state index in [1.807, 2.05) is 30.3 Å². The molecule has 2 aromatic heterocycles. The summed E-state index contributed by atoms with van der Waals surface area (Å²) in [5.74, 6) is 0.845. The average Bonchev–Trinajstić information content (AvgIpc) is 3.20. The number of methoxy groups -OCH3 is 1. The zero-order chi connectivity index (χ0) is 23.8. The van der Waals surface area contributed by atoms with Crippen molar-refractivity contribution < 1.29 is 14.3 Å². The van der Waals surface area contributed by atoms with Crippen LogP contribution in [-0.2, 0) is 15.9 Å². The number of para-hydroxylation sites is 1. The molecule has 34 heavy (non-hydrogen) atoms. The summed E-state index contributed by atoms with van der Waals surface area (Å²) in [4.78, 5) is 24.6. The maximum absolute atomic E-state index is 12.9. The number of anilines is 1. The predicted molar refractivity (Wildman–Crippen MR) is 134 cm³/mol. The fraction of sp³-hybridized carbons (Fsp3) is 0.346. The van der Waals surface area contributed by atoms with Crippen LogP contribution in [0.25, 0.3) is 27.6 Å². The average molecular weight is 479 g/mol. The van der Waals surface area contributed by atoms with Crippen LogP contribution in [0.5, 0.6) is 0 Å². The number of carbonyl (C=O) groups excluding carboxylic acids is 1. The summed E-state index contributed by atoms with van der Waals surface area (Å²) < 4.78 is 12.8. The molecule has 2 aromatic carbocycles. The van der Waals surface area contributed by atoms with E-state index in [4.69, 9.17) is 26.1 Å². The summed E-state index contributed by atoms with van der Waals surface area (Å²) >= 11 is 6.48. The molecule has 0 aliphatic carbocycles. The molecule has 8 heteroatoms. The lowest BCUT2D eigenvalue weighted by Crippen LogP contribution is -2.36. The number of ether oxygens (including phenoxy) is 2. The normalized spacial score (nSPS) is 14.3. The molecule has 0 N–H and O–H groups in total. The lowest BCUT2D eigenvalue weighted by atomic mass is 10.1. The number of halogens is 1. The van der Waals surface area contributed by atoms with Gasteiger partial charge < -0.3 is 14.4 Å². The number of hydrogen-bond acceptors (Lipinski definition) is 6. The van der Waals surface area contributed by atoms with Gasteiger partial charge in [0.15, 0.2) is 0 Å². The zero-order valence-electron chi connectivity index (χ0n) is 19.5. The van der Waals surface area contributed by atoms with Crippen molar-refractivity contribution in [2.75, 3.05) is 38.3 Å². The van der Waals surface area contributed by atoms with Gasteiger partial charge in [0.25, 0.3) is 0 Å². The Hall–Kier alpha value is -3.16. The first-order chi connectivity index (χ1) is 16.5. The van der Waals surface area contributed by atoms with Gasteiger partial charge in [0, 0.05) is 36.8 Å². The van der Waals surface area contributed by atoms with Crippen LogP contribution in [0, 0.1) is 5.92 Å². The van der Waals surface area contributed by atoms with Gasteiger partial charge in [0.2, 0.25) is 0 Å². The molecule has 1 fully saturated rings. The molecule has 0 saturated carbocycles. The summed E-state index contributed by atoms with van der Waals surface area (Å²) in [7, 11) is 1.40. The Balaban J connectivity index is 1.84. The maximum Gasteiger partial charge on any atom is 0.340 e. The number of morpholine rings is 1. The molecule has 4 aromatic rings. The topological polar surface area (TPSA) is 69.5 Å². The van der Waals surface area contributed by atoms with Gasteiger partial charge in [-0.25, -0.2) is 9.78 Å². The fourth-order valence-corrected chi connectivity index (χ4v) is 4.79. The number of benzene rings is 2. The molecule has 0 unspecified atom stereocenters. The van der Waals surface area contributed by atoms with E-state index in [2.05, 4.69) is 34.4 Å². The summed E-state index contributed by atoms with van der Waals surface area (Å²) in [5.41, 5.74) is 4.56. The van der Waals surface area contributed by atoms with Crippen molar-refractivity contribution in [1.82, 2.24) is 14.5 Å². The van der Waals surface area contributed by atoms with Crippen LogP contribution < -0.4 is 4.90 Å². The molecule has 1 aliphatic heterocycles. The van der Waals surface area contributed by atoms with Gasteiger partial charge in [0.1, 0.15) is 11.3 Å². The van der Waals surface area contributed by atoms with E-state index >= 15 is 0 Å². The van der Waals surface area contributed by atoms with Crippen molar-refractivity contribution in [3.8, 4) is 5.69 Å². The van der Waals surface area contributed by atoms with Gasteiger partial charge in [-0.15, -0.1) is 0 Å². The number of nitrogens with zero attached hydrogens (tertiary/aromatic N) is 4. The molecule has 0 amide bonds. The Bertz CT molecular complexity index is 1380. The van der Waals surface area contributed by atoms with Crippen LogP contribution in [0.2, 0.25) is 5.02 Å². The molecule has 0 bridgehead atoms. The number of fused-ring (bicyclic) bond motifs is 2. The Morgan fingerprint density at radius 3 is 2.71 bits per heavy atom. The zero-order valence-corrected chi connectivity index (χ0v) is 20.3. The standard InChI is InChI=1S/C26H27ClN4O3/c1-16(2)13-23-29-25-19(26(32)33-3)14-17(30-9-11-34-12-10-30)15-22(25)31(23)21-7-8-28-24-18(21)5-4-6-20(24)27/h4-8,14-16H,9-13H2,1-3H3. The molecule has 0 spiro atoms. The second kappa shape index (κ2) is 9.24. The van der Waals surface area contributed by atoms with Gasteiger partial charge in [-0.3, -0.25) is 9.55 Å². The van der Waals surface area contributed by atoms with E-state index in [0.29, 0.717) is 35.2 Å². The van der Waals surface area contributed by atoms with Crippen LogP contribution in [0.1, 0.15) is 30.0 Å². The second-order valence-electron chi connectivity index (χ2n) is 8.88. The fourth-order valence-electron chi connectivity index (χ4n) is 4.57. The van der Waals surface area contributed by atoms with E-state index in [1.54, 1.807) is 6.20 Å². The lowest BCUT2D eigenvalue weighted by Gasteiger charge is -2.29. The van der Waals surface area contributed by atoms with E-state index in [9.17, 15) is 4.79 Å². The highest BCUT2D eigenvalue weighted by atomic mass is 35.5. The van der Waals surface area contributed by atoms with E-state index < -0.39 is 5.97 Å². The van der Waals surface area contributed by atoms with Gasteiger partial charge >= 0.3 is 5.97 Å². The number of imidazole rings is 1. The predicted octanol–water partition coefficient (Wildman–Crippen LogP) is 5.05. The molecule has 1 saturated heterocycles. The van der Waals surface area contributed by atoms with Gasteiger partial charge in [-0.05, 0) is 30.2 Å². The third-order valence-corrected chi connectivity index (χ3v) is 6.43. The van der Waals surface area contributed by atoms with Crippen molar-refractivity contribution >= 4 is 45.2 Å². The Kier molecular flexibility index (Phi) is 6.15. The van der Waals surface area contributed by atoms with Crippen LogP contribution in [0.3, 0.4) is 0 Å². The van der Waals surface area contributed by atoms with Crippen LogP contribution in [0.4, 0.5) is 5.69 Å². The van der Waals surface area contributed by atoms with Crippen LogP contribution in [0.15, 0.2) is 42.6 Å². The monoisotopic (exact) mass is 478 g/mol. The molecule has 0 atom stereocenters. The number of hydrogen-bond donors (Lipinski definition) is 0. The molecule has 3 heterocycles. The molecule has 5 rings (SSSR count). The number of pyridine rings is 1. The highest BCUT2D eigenvalue weighted by Crippen LogP contribution is 2.34. The quantitative estimate of drug-likeness (QED) is 0.374. The van der Waals surface area contributed by atoms with Crippen molar-refractivity contribution in [1.29, 1.82) is 0 Å². The first-order valence-electron chi connectivity index (χ1n) is 11.5. The number of carbonyl (C=O) groups is 1. The van der Waals surface area contributed by atoms with Crippen LogP contribution >= 0.6 is 11.6 Å². The maximum atomic E-state index is 12.9. The van der Waals surface area contributed by atoms with Crippen LogP contribution in [-0.4, -0.2) is 53.9 Å². The van der Waals surface area contributed by atoms with Gasteiger partial charge in [-0.1, -0.05) is 37.6 Å². The third-order valence-electron chi connectivity index (χ3n) is 6.13. The van der Waals surface area contributed by atoms with Crippen molar-refractivity contribution in [3.05, 3.63) is 59.0 Å². The molecule has 176 valence electrons. The molecular weight excluding hydrogens is 452 g/mol. The minimum Gasteiger partial charge on any atom is -0.465 e. The molecular formula is C26H27ClN4O3. The summed E-state index contributed by atoms with van der Waals surface area (Å²) in [6.07, 6.45) is 2.51. The number of esters is 1. The summed E-state index contributed by atoms with van der Waals surface area (Å²) in [6, 6.07) is 11.8. The number of rotatable bonds is 5. The highest BCUT2D eigenvalue weighted by Gasteiger charge is 2.24. The minimum atomic E-state index is -0.400. The lowest BCUT2D eigenvalue weighted by molar-refractivity contribution is 0.0603. The Morgan fingerprint density at radius 1 is 1.18 bits per heavy atom. The number of aromatic nitrogens is 3. The summed E-state index contributed by atoms with van der Waals surface area (Å²) in [6.45, 7) is 7.13. The molecule has 0 radical (unpaired) electrons. The summed E-state index contributed by atoms with van der Waals surface area (Å²) in [5, 5.41) is 1.52.